The summed E-state index contributed by atoms with van der Waals surface area (Å²) >= 11 is 0. The predicted octanol–water partition coefficient (Wildman–Crippen LogP) is 11.7. The zero-order chi connectivity index (χ0) is 69.0. The number of hydrogen-bond acceptors (Lipinski definition) is 20. The van der Waals surface area contributed by atoms with E-state index >= 15 is 4.79 Å². The molecule has 5 aliphatic rings. The van der Waals surface area contributed by atoms with Crippen molar-refractivity contribution in [2.24, 2.45) is 55.3 Å². The number of ether oxygens (including phenoxy) is 6. The van der Waals surface area contributed by atoms with Crippen LogP contribution in [0.4, 0.5) is 0 Å². The molecule has 0 radical (unpaired) electrons. The van der Waals surface area contributed by atoms with Crippen molar-refractivity contribution in [1.82, 2.24) is 16.0 Å². The lowest BCUT2D eigenvalue weighted by Gasteiger charge is -2.47. The second-order valence-corrected chi connectivity index (χ2v) is 30.3. The average Bonchev–Trinajstić information content (AvgIpc) is 1.53. The molecule has 0 aromatic heterocycles. The fourth-order valence-corrected chi connectivity index (χ4v) is 18.1. The SMILES string of the molecule is CCCOC(=O)CC[C@@H]1C2=N[C@H](C3(C)NC(C(C)=C4N=C(/C=C5\N/C(=C\2C)[C@@](C)(CC(=O)NCCC[Si](OCC)(OCC)OCC)[C@@H]5CCC(=O)OCCC)C(C)(C)[C@@H]4CC(=O)OCCC)[C@](C)(CCC(=O)OCCC)[C@H]3CC(=O)OCCC)[C@@]1(C)CC(=O)OCCC. The number of carbonyl (C=O) groups excluding carboxylic acids is 7. The van der Waals surface area contributed by atoms with Gasteiger partial charge in [-0.05, 0) is 134 Å². The van der Waals surface area contributed by atoms with E-state index in [0.717, 1.165) is 5.57 Å². The molecule has 2 saturated heterocycles. The van der Waals surface area contributed by atoms with Crippen molar-refractivity contribution >= 4 is 62.0 Å². The summed E-state index contributed by atoms with van der Waals surface area (Å²) in [7, 11) is -3.06. The van der Waals surface area contributed by atoms with Gasteiger partial charge in [0, 0.05) is 132 Å². The van der Waals surface area contributed by atoms with Crippen LogP contribution in [0.5, 0.6) is 0 Å². The number of amides is 1. The Balaban J connectivity index is 1.98. The summed E-state index contributed by atoms with van der Waals surface area (Å²) in [5.41, 5.74) is -0.763. The Kier molecular flexibility index (Phi) is 30.0. The van der Waals surface area contributed by atoms with E-state index in [9.17, 15) is 28.8 Å². The molecule has 2 fully saturated rings. The number of fused-ring (bicyclic) bond motifs is 7. The van der Waals surface area contributed by atoms with Crippen LogP contribution in [0.15, 0.2) is 44.3 Å². The van der Waals surface area contributed by atoms with E-state index in [2.05, 4.69) is 43.6 Å². The summed E-state index contributed by atoms with van der Waals surface area (Å²) < 4.78 is 53.7. The number of carbonyl (C=O) groups is 7. The Morgan fingerprint density at radius 1 is 0.581 bits per heavy atom. The van der Waals surface area contributed by atoms with Gasteiger partial charge in [0.15, 0.2) is 0 Å². The van der Waals surface area contributed by atoms with Gasteiger partial charge < -0.3 is 57.6 Å². The summed E-state index contributed by atoms with van der Waals surface area (Å²) in [5, 5.41) is 11.3. The zero-order valence-electron chi connectivity index (χ0n) is 59.8. The smallest absolute Gasteiger partial charge is 0.466 e. The molecule has 5 heterocycles. The molecule has 10 atom stereocenters. The predicted molar refractivity (Wildman–Crippen MR) is 359 cm³/mol. The van der Waals surface area contributed by atoms with Crippen LogP contribution in [-0.2, 0) is 75.3 Å². The standard InChI is InChI=1S/C71H117N5O16Si/c1-18-35-84-56(78)30-28-49-52-43-54-67(12,13)51(42-59(81)87-38-21-4)63(74-54)48(11)65-68(14,33-32-58(80)86-37-20-3)53(44-60(82)88-39-22-5)71(17,76-65)66-70(16,46-61(83)89-40-23-6)50(29-31-57(79)85-36-19-2)62(75-66)47(10)64(73-52)69(49,15)45-55(77)72-34-27-41-93(90-24-7,91-25-8)92-26-9/h43,49-51,53,65-66,73,76H,18-42,44-46H2,1-17H3,(H,72,77)/b52-43-,63-48?,64-47-/t49-,50-,51-,53-,65?,66+,68-,69+,70+,71?/m1/s1. The summed E-state index contributed by atoms with van der Waals surface area (Å²) in [4.78, 5) is 112. The number of hydrogen-bond donors (Lipinski definition) is 3. The van der Waals surface area contributed by atoms with Gasteiger partial charge in [0.25, 0.3) is 0 Å². The maximum atomic E-state index is 15.1. The summed E-state index contributed by atoms with van der Waals surface area (Å²) in [5.74, 6) is -5.22. The van der Waals surface area contributed by atoms with Crippen LogP contribution < -0.4 is 16.0 Å². The number of nitrogens with zero attached hydrogens (tertiary/aromatic N) is 2. The monoisotopic (exact) mass is 1320 g/mol. The first kappa shape index (κ1) is 78.4. The Hall–Kier alpha value is -5.29. The number of allylic oxidation sites excluding steroid dienone is 5. The molecule has 0 aliphatic carbocycles. The number of esters is 6. The summed E-state index contributed by atoms with van der Waals surface area (Å²) in [6, 6.07) is -1.05. The van der Waals surface area contributed by atoms with Gasteiger partial charge in [-0.2, -0.15) is 0 Å². The second-order valence-electron chi connectivity index (χ2n) is 27.5. The van der Waals surface area contributed by atoms with E-state index in [1.807, 2.05) is 96.1 Å². The van der Waals surface area contributed by atoms with E-state index in [4.69, 9.17) is 51.7 Å². The molecular weight excluding hydrogens is 1210 g/mol. The summed E-state index contributed by atoms with van der Waals surface area (Å²) in [6.45, 7) is 36.5. The minimum Gasteiger partial charge on any atom is -0.466 e. The number of nitrogens with one attached hydrogen (secondary N) is 3. The van der Waals surface area contributed by atoms with E-state index in [-0.39, 0.29) is 128 Å². The molecule has 3 N–H and O–H groups in total. The van der Waals surface area contributed by atoms with Crippen LogP contribution in [-0.4, -0.2) is 146 Å². The van der Waals surface area contributed by atoms with Crippen LogP contribution in [0.3, 0.4) is 0 Å². The van der Waals surface area contributed by atoms with Crippen molar-refractivity contribution in [3.63, 3.8) is 0 Å². The molecule has 5 aliphatic heterocycles. The first-order valence-electron chi connectivity index (χ1n) is 35.1. The molecule has 526 valence electrons. The average molecular weight is 1320 g/mol. The Morgan fingerprint density at radius 3 is 1.58 bits per heavy atom. The van der Waals surface area contributed by atoms with Crippen molar-refractivity contribution in [1.29, 1.82) is 0 Å². The van der Waals surface area contributed by atoms with Gasteiger partial charge in [-0.1, -0.05) is 76.2 Å². The fourth-order valence-electron chi connectivity index (χ4n) is 15.5. The Labute approximate surface area is 557 Å². The number of rotatable bonds is 39. The van der Waals surface area contributed by atoms with Crippen molar-refractivity contribution < 1.29 is 75.3 Å². The van der Waals surface area contributed by atoms with Gasteiger partial charge in [-0.25, -0.2) is 0 Å². The third kappa shape index (κ3) is 18.8. The lowest BCUT2D eigenvalue weighted by Crippen LogP contribution is -2.59. The molecule has 93 heavy (non-hydrogen) atoms. The van der Waals surface area contributed by atoms with Crippen LogP contribution in [0.2, 0.25) is 6.04 Å². The van der Waals surface area contributed by atoms with E-state index in [0.29, 0.717) is 105 Å². The molecule has 5 rings (SSSR count). The Morgan fingerprint density at radius 2 is 1.06 bits per heavy atom. The first-order valence-corrected chi connectivity index (χ1v) is 37.0. The van der Waals surface area contributed by atoms with Crippen molar-refractivity contribution in [3.05, 3.63) is 34.3 Å². The van der Waals surface area contributed by atoms with Gasteiger partial charge in [0.2, 0.25) is 5.91 Å². The molecule has 8 bridgehead atoms. The lowest BCUT2D eigenvalue weighted by atomic mass is 9.57. The largest absolute Gasteiger partial charge is 0.500 e. The number of aliphatic imine (C=N–C) groups is 2. The maximum absolute atomic E-state index is 15.1. The molecule has 0 saturated carbocycles. The maximum Gasteiger partial charge on any atom is 0.500 e. The minimum absolute atomic E-state index is 0.00178. The fraction of sp³-hybridized carbons (Fsp3) is 0.789. The second kappa shape index (κ2) is 35.6. The van der Waals surface area contributed by atoms with Gasteiger partial charge in [0.1, 0.15) is 0 Å². The van der Waals surface area contributed by atoms with Gasteiger partial charge >= 0.3 is 44.6 Å². The topological polar surface area (TPSA) is 263 Å². The molecule has 1 amide bonds. The molecule has 2 unspecified atom stereocenters. The molecular formula is C71H117N5O16Si. The quantitative estimate of drug-likeness (QED) is 0.0223. The van der Waals surface area contributed by atoms with Crippen LogP contribution >= 0.6 is 0 Å². The molecule has 0 spiro atoms. The van der Waals surface area contributed by atoms with E-state index < -0.39 is 95.6 Å². The Bertz CT molecular complexity index is 2740. The highest BCUT2D eigenvalue weighted by Crippen LogP contribution is 2.62. The molecule has 0 aromatic rings. The minimum atomic E-state index is -3.06. The highest BCUT2D eigenvalue weighted by Gasteiger charge is 2.68. The van der Waals surface area contributed by atoms with Crippen molar-refractivity contribution in [2.75, 3.05) is 66.0 Å². The normalized spacial score (nSPS) is 28.4. The lowest BCUT2D eigenvalue weighted by molar-refractivity contribution is -0.150. The first-order chi connectivity index (χ1) is 44.1. The molecule has 0 aromatic carbocycles. The summed E-state index contributed by atoms with van der Waals surface area (Å²) in [6.07, 6.45) is 6.48. The van der Waals surface area contributed by atoms with Crippen LogP contribution in [0.1, 0.15) is 227 Å². The molecule has 22 heteroatoms. The highest BCUT2D eigenvalue weighted by molar-refractivity contribution is 6.60. The third-order valence-electron chi connectivity index (χ3n) is 20.0. The highest BCUT2D eigenvalue weighted by atomic mass is 28.4. The van der Waals surface area contributed by atoms with Crippen molar-refractivity contribution in [3.8, 4) is 0 Å². The molecule has 21 nitrogen and oxygen atoms in total. The van der Waals surface area contributed by atoms with E-state index in [1.165, 1.54) is 0 Å². The van der Waals surface area contributed by atoms with Crippen LogP contribution in [0, 0.1) is 45.3 Å². The van der Waals surface area contributed by atoms with Gasteiger partial charge in [0.05, 0.1) is 64.9 Å². The van der Waals surface area contributed by atoms with Crippen molar-refractivity contribution in [2.45, 2.75) is 251 Å². The van der Waals surface area contributed by atoms with Crippen LogP contribution in [0.25, 0.3) is 0 Å². The van der Waals surface area contributed by atoms with E-state index in [1.54, 1.807) is 0 Å². The van der Waals surface area contributed by atoms with Gasteiger partial charge in [-0.3, -0.25) is 43.5 Å². The van der Waals surface area contributed by atoms with Gasteiger partial charge in [-0.15, -0.1) is 0 Å². The zero-order valence-corrected chi connectivity index (χ0v) is 60.8. The third-order valence-corrected chi connectivity index (χ3v) is 23.2.